The third-order valence-electron chi connectivity index (χ3n) is 2.05. The number of rotatable bonds is 3. The minimum absolute atomic E-state index is 0.0491. The molecule has 0 saturated carbocycles. The van der Waals surface area contributed by atoms with Gasteiger partial charge in [-0.2, -0.15) is 5.10 Å². The van der Waals surface area contributed by atoms with Crippen LogP contribution in [0.15, 0.2) is 39.1 Å². The summed E-state index contributed by atoms with van der Waals surface area (Å²) < 4.78 is 2.67. The molecule has 1 aromatic heterocycles. The van der Waals surface area contributed by atoms with Crippen molar-refractivity contribution in [2.45, 2.75) is 16.7 Å². The molecule has 0 aliphatic rings. The number of benzene rings is 1. The van der Waals surface area contributed by atoms with Gasteiger partial charge in [0.15, 0.2) is 5.16 Å². The van der Waals surface area contributed by atoms with Crippen LogP contribution in [0.1, 0.15) is 5.56 Å². The van der Waals surface area contributed by atoms with Gasteiger partial charge in [-0.3, -0.25) is 0 Å². The Morgan fingerprint density at radius 2 is 2.31 bits per heavy atom. The Morgan fingerprint density at radius 3 is 2.88 bits per heavy atom. The zero-order valence-corrected chi connectivity index (χ0v) is 11.0. The normalized spacial score (nSPS) is 10.7. The van der Waals surface area contributed by atoms with E-state index < -0.39 is 0 Å². The van der Waals surface area contributed by atoms with Crippen molar-refractivity contribution in [3.63, 3.8) is 0 Å². The molecule has 84 valence electrons. The summed E-state index contributed by atoms with van der Waals surface area (Å²) in [7, 11) is 1.85. The Bertz CT molecular complexity index is 501. The van der Waals surface area contributed by atoms with E-state index in [1.807, 2.05) is 25.2 Å². The minimum Gasteiger partial charge on any atom is -0.392 e. The standard InChI is InChI=1S/C10H10BrN3OS/c1-14-10(12-6-13-14)16-9-3-2-7(5-15)4-8(9)11/h2-4,6,15H,5H2,1H3. The molecule has 0 radical (unpaired) electrons. The average molecular weight is 300 g/mol. The fourth-order valence-electron chi connectivity index (χ4n) is 1.20. The molecule has 1 N–H and O–H groups in total. The predicted octanol–water partition coefficient (Wildman–Crippen LogP) is 2.22. The first-order valence-corrected chi connectivity index (χ1v) is 6.23. The van der Waals surface area contributed by atoms with Crippen LogP contribution in [0.25, 0.3) is 0 Å². The summed E-state index contributed by atoms with van der Waals surface area (Å²) in [6, 6.07) is 5.75. The van der Waals surface area contributed by atoms with Gasteiger partial charge in [-0.25, -0.2) is 9.67 Å². The molecule has 0 aliphatic carbocycles. The summed E-state index contributed by atoms with van der Waals surface area (Å²) in [5.41, 5.74) is 0.884. The van der Waals surface area contributed by atoms with Gasteiger partial charge in [-0.1, -0.05) is 6.07 Å². The lowest BCUT2D eigenvalue weighted by atomic mass is 10.2. The molecule has 0 saturated heterocycles. The van der Waals surface area contributed by atoms with E-state index in [9.17, 15) is 0 Å². The van der Waals surface area contributed by atoms with Crippen molar-refractivity contribution in [2.75, 3.05) is 0 Å². The lowest BCUT2D eigenvalue weighted by Gasteiger charge is -2.04. The van der Waals surface area contributed by atoms with Crippen LogP contribution in [-0.2, 0) is 13.7 Å². The second kappa shape index (κ2) is 4.99. The highest BCUT2D eigenvalue weighted by Gasteiger charge is 2.07. The number of aromatic nitrogens is 3. The van der Waals surface area contributed by atoms with Gasteiger partial charge in [0.1, 0.15) is 6.33 Å². The third-order valence-corrected chi connectivity index (χ3v) is 4.10. The molecule has 0 bridgehead atoms. The first kappa shape index (κ1) is 11.6. The fraction of sp³-hybridized carbons (Fsp3) is 0.200. The number of aryl methyl sites for hydroxylation is 1. The van der Waals surface area contributed by atoms with E-state index in [1.54, 1.807) is 4.68 Å². The molecule has 0 spiro atoms. The van der Waals surface area contributed by atoms with E-state index in [2.05, 4.69) is 26.0 Å². The molecular formula is C10H10BrN3OS. The van der Waals surface area contributed by atoms with Crippen LogP contribution < -0.4 is 0 Å². The molecule has 1 aromatic carbocycles. The van der Waals surface area contributed by atoms with Gasteiger partial charge < -0.3 is 5.11 Å². The Hall–Kier alpha value is -0.850. The number of aliphatic hydroxyl groups excluding tert-OH is 1. The topological polar surface area (TPSA) is 50.9 Å². The first-order valence-electron chi connectivity index (χ1n) is 4.62. The zero-order valence-electron chi connectivity index (χ0n) is 8.59. The van der Waals surface area contributed by atoms with Crippen molar-refractivity contribution in [3.8, 4) is 0 Å². The van der Waals surface area contributed by atoms with Crippen molar-refractivity contribution in [1.82, 2.24) is 14.8 Å². The largest absolute Gasteiger partial charge is 0.392 e. The molecule has 2 aromatic rings. The fourth-order valence-corrected chi connectivity index (χ4v) is 2.64. The van der Waals surface area contributed by atoms with Gasteiger partial charge in [0, 0.05) is 16.4 Å². The summed E-state index contributed by atoms with van der Waals surface area (Å²) in [6.07, 6.45) is 1.53. The maximum atomic E-state index is 9.00. The molecule has 0 aliphatic heterocycles. The average Bonchev–Trinajstić information content (AvgIpc) is 2.67. The highest BCUT2D eigenvalue weighted by molar-refractivity contribution is 9.10. The molecule has 6 heteroatoms. The van der Waals surface area contributed by atoms with E-state index in [4.69, 9.17) is 5.11 Å². The number of hydrogen-bond acceptors (Lipinski definition) is 4. The van der Waals surface area contributed by atoms with Crippen LogP contribution in [0.5, 0.6) is 0 Å². The van der Waals surface area contributed by atoms with Crippen LogP contribution in [0.3, 0.4) is 0 Å². The van der Waals surface area contributed by atoms with Gasteiger partial charge in [-0.05, 0) is 45.4 Å². The number of halogens is 1. The van der Waals surface area contributed by atoms with E-state index in [-0.39, 0.29) is 6.61 Å². The Labute approximate surface area is 106 Å². The smallest absolute Gasteiger partial charge is 0.190 e. The van der Waals surface area contributed by atoms with Crippen LogP contribution in [0, 0.1) is 0 Å². The lowest BCUT2D eigenvalue weighted by molar-refractivity contribution is 0.281. The molecular weight excluding hydrogens is 290 g/mol. The quantitative estimate of drug-likeness (QED) is 0.944. The summed E-state index contributed by atoms with van der Waals surface area (Å²) in [5, 5.41) is 13.8. The van der Waals surface area contributed by atoms with Gasteiger partial charge >= 0.3 is 0 Å². The van der Waals surface area contributed by atoms with Crippen LogP contribution >= 0.6 is 27.7 Å². The highest BCUT2D eigenvalue weighted by Crippen LogP contribution is 2.32. The van der Waals surface area contributed by atoms with Crippen molar-refractivity contribution >= 4 is 27.7 Å². The van der Waals surface area contributed by atoms with Gasteiger partial charge in [-0.15, -0.1) is 0 Å². The van der Waals surface area contributed by atoms with Crippen molar-refractivity contribution in [1.29, 1.82) is 0 Å². The Balaban J connectivity index is 2.25. The summed E-state index contributed by atoms with van der Waals surface area (Å²) in [6.45, 7) is 0.0491. The molecule has 0 amide bonds. The lowest BCUT2D eigenvalue weighted by Crippen LogP contribution is -1.92. The van der Waals surface area contributed by atoms with Gasteiger partial charge in [0.05, 0.1) is 6.61 Å². The molecule has 0 atom stereocenters. The number of aliphatic hydroxyl groups is 1. The van der Waals surface area contributed by atoms with Crippen molar-refractivity contribution < 1.29 is 5.11 Å². The maximum Gasteiger partial charge on any atom is 0.190 e. The van der Waals surface area contributed by atoms with Crippen molar-refractivity contribution in [2.24, 2.45) is 7.05 Å². The predicted molar refractivity (Wildman–Crippen MR) is 65.2 cm³/mol. The molecule has 1 heterocycles. The third kappa shape index (κ3) is 2.45. The van der Waals surface area contributed by atoms with E-state index in [0.717, 1.165) is 20.1 Å². The minimum atomic E-state index is 0.0491. The SMILES string of the molecule is Cn1ncnc1Sc1ccc(CO)cc1Br. The molecule has 2 rings (SSSR count). The zero-order chi connectivity index (χ0) is 11.5. The first-order chi connectivity index (χ1) is 7.70. The van der Waals surface area contributed by atoms with Gasteiger partial charge in [0.2, 0.25) is 0 Å². The van der Waals surface area contributed by atoms with E-state index in [0.29, 0.717) is 0 Å². The monoisotopic (exact) mass is 299 g/mol. The van der Waals surface area contributed by atoms with Gasteiger partial charge in [0.25, 0.3) is 0 Å². The summed E-state index contributed by atoms with van der Waals surface area (Å²) in [4.78, 5) is 5.19. The van der Waals surface area contributed by atoms with E-state index >= 15 is 0 Å². The van der Waals surface area contributed by atoms with Crippen LogP contribution in [0.2, 0.25) is 0 Å². The molecule has 16 heavy (non-hydrogen) atoms. The Kier molecular flexibility index (Phi) is 3.63. The van der Waals surface area contributed by atoms with Crippen molar-refractivity contribution in [3.05, 3.63) is 34.6 Å². The molecule has 4 nitrogen and oxygen atoms in total. The Morgan fingerprint density at radius 1 is 1.50 bits per heavy atom. The second-order valence-corrected chi connectivity index (χ2v) is 5.05. The van der Waals surface area contributed by atoms with Crippen LogP contribution in [0.4, 0.5) is 0 Å². The second-order valence-electron chi connectivity index (χ2n) is 3.19. The maximum absolute atomic E-state index is 9.00. The van der Waals surface area contributed by atoms with Crippen LogP contribution in [-0.4, -0.2) is 19.9 Å². The molecule has 0 fully saturated rings. The molecule has 0 unspecified atom stereocenters. The summed E-state index contributed by atoms with van der Waals surface area (Å²) in [5.74, 6) is 0. The number of hydrogen-bond donors (Lipinski definition) is 1. The summed E-state index contributed by atoms with van der Waals surface area (Å²) >= 11 is 5.00. The highest BCUT2D eigenvalue weighted by atomic mass is 79.9. The van der Waals surface area contributed by atoms with E-state index in [1.165, 1.54) is 18.1 Å². The number of nitrogens with zero attached hydrogens (tertiary/aromatic N) is 3.